The Morgan fingerprint density at radius 1 is 1.26 bits per heavy atom. The van der Waals surface area contributed by atoms with Crippen LogP contribution in [0, 0.1) is 0 Å². The quantitative estimate of drug-likeness (QED) is 0.808. The van der Waals surface area contributed by atoms with E-state index in [1.807, 2.05) is 6.07 Å². The highest BCUT2D eigenvalue weighted by Crippen LogP contribution is 2.22. The van der Waals surface area contributed by atoms with Crippen LogP contribution in [0.4, 0.5) is 0 Å². The van der Waals surface area contributed by atoms with Crippen molar-refractivity contribution < 1.29 is 4.74 Å². The van der Waals surface area contributed by atoms with Crippen LogP contribution >= 0.6 is 0 Å². The second-order valence-electron chi connectivity index (χ2n) is 5.05. The maximum absolute atomic E-state index is 5.05. The van der Waals surface area contributed by atoms with E-state index in [1.165, 1.54) is 10.9 Å². The molecule has 0 unspecified atom stereocenters. The van der Waals surface area contributed by atoms with E-state index in [0.717, 1.165) is 30.9 Å². The molecule has 1 N–H and O–H groups in total. The Bertz CT molecular complexity index is 537. The van der Waals surface area contributed by atoms with Crippen LogP contribution in [-0.2, 0) is 11.3 Å². The second-order valence-corrected chi connectivity index (χ2v) is 5.05. The SMILES string of the molecule is COCCNCc1cc(C(C)C)nc2ccccc12. The Morgan fingerprint density at radius 3 is 2.79 bits per heavy atom. The molecule has 1 aromatic heterocycles. The van der Waals surface area contributed by atoms with E-state index in [9.17, 15) is 0 Å². The van der Waals surface area contributed by atoms with Crippen molar-refractivity contribution in [3.05, 3.63) is 41.6 Å². The van der Waals surface area contributed by atoms with Crippen LogP contribution in [0.5, 0.6) is 0 Å². The summed E-state index contributed by atoms with van der Waals surface area (Å²) in [5.74, 6) is 0.447. The van der Waals surface area contributed by atoms with Crippen molar-refractivity contribution in [3.8, 4) is 0 Å². The summed E-state index contributed by atoms with van der Waals surface area (Å²) in [6.07, 6.45) is 0. The Labute approximate surface area is 115 Å². The van der Waals surface area contributed by atoms with Gasteiger partial charge in [0.25, 0.3) is 0 Å². The normalized spacial score (nSPS) is 11.4. The van der Waals surface area contributed by atoms with Gasteiger partial charge in [-0.25, -0.2) is 0 Å². The number of hydrogen-bond acceptors (Lipinski definition) is 3. The first kappa shape index (κ1) is 14.0. The third-order valence-electron chi connectivity index (χ3n) is 3.21. The standard InChI is InChI=1S/C16H22N2O/c1-12(2)16-10-13(11-17-8-9-19-3)14-6-4-5-7-15(14)18-16/h4-7,10,12,17H,8-9,11H2,1-3H3. The molecule has 0 amide bonds. The minimum atomic E-state index is 0.447. The maximum atomic E-state index is 5.05. The molecule has 19 heavy (non-hydrogen) atoms. The summed E-state index contributed by atoms with van der Waals surface area (Å²) in [7, 11) is 1.72. The molecule has 1 aromatic carbocycles. The monoisotopic (exact) mass is 258 g/mol. The lowest BCUT2D eigenvalue weighted by Crippen LogP contribution is -2.19. The third-order valence-corrected chi connectivity index (χ3v) is 3.21. The van der Waals surface area contributed by atoms with Gasteiger partial charge in [-0.15, -0.1) is 0 Å². The van der Waals surface area contributed by atoms with E-state index >= 15 is 0 Å². The van der Waals surface area contributed by atoms with Crippen LogP contribution in [0.2, 0.25) is 0 Å². The number of methoxy groups -OCH3 is 1. The van der Waals surface area contributed by atoms with Gasteiger partial charge in [0.1, 0.15) is 0 Å². The summed E-state index contributed by atoms with van der Waals surface area (Å²) >= 11 is 0. The molecule has 0 radical (unpaired) electrons. The predicted octanol–water partition coefficient (Wildman–Crippen LogP) is 3.09. The molecule has 2 aromatic rings. The van der Waals surface area contributed by atoms with Gasteiger partial charge >= 0.3 is 0 Å². The fourth-order valence-electron chi connectivity index (χ4n) is 2.11. The van der Waals surface area contributed by atoms with E-state index in [1.54, 1.807) is 7.11 Å². The summed E-state index contributed by atoms with van der Waals surface area (Å²) in [6, 6.07) is 10.5. The molecule has 2 rings (SSSR count). The molecular formula is C16H22N2O. The molecule has 0 atom stereocenters. The van der Waals surface area contributed by atoms with Crippen LogP contribution in [0.3, 0.4) is 0 Å². The molecule has 102 valence electrons. The van der Waals surface area contributed by atoms with Crippen molar-refractivity contribution in [2.75, 3.05) is 20.3 Å². The van der Waals surface area contributed by atoms with Gasteiger partial charge in [0.2, 0.25) is 0 Å². The minimum Gasteiger partial charge on any atom is -0.383 e. The van der Waals surface area contributed by atoms with Crippen LogP contribution in [0.15, 0.2) is 30.3 Å². The molecule has 0 aliphatic heterocycles. The zero-order valence-corrected chi connectivity index (χ0v) is 11.9. The number of nitrogens with one attached hydrogen (secondary N) is 1. The van der Waals surface area contributed by atoms with E-state index in [4.69, 9.17) is 9.72 Å². The molecule has 0 saturated carbocycles. The van der Waals surface area contributed by atoms with Crippen molar-refractivity contribution in [1.82, 2.24) is 10.3 Å². The topological polar surface area (TPSA) is 34.1 Å². The lowest BCUT2D eigenvalue weighted by molar-refractivity contribution is 0.199. The Morgan fingerprint density at radius 2 is 2.05 bits per heavy atom. The molecule has 3 nitrogen and oxygen atoms in total. The van der Waals surface area contributed by atoms with Crippen LogP contribution in [-0.4, -0.2) is 25.2 Å². The number of para-hydroxylation sites is 1. The van der Waals surface area contributed by atoms with Gasteiger partial charge in [0.05, 0.1) is 12.1 Å². The van der Waals surface area contributed by atoms with E-state index in [2.05, 4.69) is 43.4 Å². The molecule has 0 fully saturated rings. The maximum Gasteiger partial charge on any atom is 0.0708 e. The van der Waals surface area contributed by atoms with Gasteiger partial charge in [-0.1, -0.05) is 32.0 Å². The highest BCUT2D eigenvalue weighted by atomic mass is 16.5. The summed E-state index contributed by atoms with van der Waals surface area (Å²) < 4.78 is 5.05. The number of aromatic nitrogens is 1. The van der Waals surface area contributed by atoms with Crippen LogP contribution < -0.4 is 5.32 Å². The molecular weight excluding hydrogens is 236 g/mol. The van der Waals surface area contributed by atoms with Crippen molar-refractivity contribution in [2.45, 2.75) is 26.3 Å². The van der Waals surface area contributed by atoms with Gasteiger partial charge in [0, 0.05) is 31.3 Å². The number of hydrogen-bond donors (Lipinski definition) is 1. The number of nitrogens with zero attached hydrogens (tertiary/aromatic N) is 1. The molecule has 0 saturated heterocycles. The van der Waals surface area contributed by atoms with Crippen molar-refractivity contribution >= 4 is 10.9 Å². The summed E-state index contributed by atoms with van der Waals surface area (Å²) in [4.78, 5) is 4.73. The second kappa shape index (κ2) is 6.64. The van der Waals surface area contributed by atoms with Gasteiger partial charge in [-0.05, 0) is 23.6 Å². The molecule has 3 heteroatoms. The average Bonchev–Trinajstić information content (AvgIpc) is 2.43. The van der Waals surface area contributed by atoms with Crippen LogP contribution in [0.1, 0.15) is 31.0 Å². The zero-order chi connectivity index (χ0) is 13.7. The first-order valence-corrected chi connectivity index (χ1v) is 6.80. The fraction of sp³-hybridized carbons (Fsp3) is 0.438. The summed E-state index contributed by atoms with van der Waals surface area (Å²) in [5.41, 5.74) is 3.55. The zero-order valence-electron chi connectivity index (χ0n) is 11.9. The minimum absolute atomic E-state index is 0.447. The molecule has 0 spiro atoms. The van der Waals surface area contributed by atoms with Gasteiger partial charge in [-0.2, -0.15) is 0 Å². The van der Waals surface area contributed by atoms with Gasteiger partial charge < -0.3 is 10.1 Å². The number of ether oxygens (including phenoxy) is 1. The van der Waals surface area contributed by atoms with Crippen molar-refractivity contribution in [2.24, 2.45) is 0 Å². The molecule has 0 bridgehead atoms. The summed E-state index contributed by atoms with van der Waals surface area (Å²) in [5, 5.41) is 4.64. The Balaban J connectivity index is 2.28. The largest absolute Gasteiger partial charge is 0.383 e. The van der Waals surface area contributed by atoms with Crippen molar-refractivity contribution in [3.63, 3.8) is 0 Å². The number of benzene rings is 1. The predicted molar refractivity (Wildman–Crippen MR) is 79.4 cm³/mol. The van der Waals surface area contributed by atoms with E-state index < -0.39 is 0 Å². The van der Waals surface area contributed by atoms with E-state index in [0.29, 0.717) is 5.92 Å². The number of pyridine rings is 1. The van der Waals surface area contributed by atoms with Crippen LogP contribution in [0.25, 0.3) is 10.9 Å². The molecule has 0 aliphatic rings. The smallest absolute Gasteiger partial charge is 0.0708 e. The molecule has 0 aliphatic carbocycles. The highest BCUT2D eigenvalue weighted by Gasteiger charge is 2.07. The van der Waals surface area contributed by atoms with E-state index in [-0.39, 0.29) is 0 Å². The lowest BCUT2D eigenvalue weighted by atomic mass is 10.0. The average molecular weight is 258 g/mol. The Hall–Kier alpha value is -1.45. The van der Waals surface area contributed by atoms with Crippen molar-refractivity contribution in [1.29, 1.82) is 0 Å². The van der Waals surface area contributed by atoms with Gasteiger partial charge in [-0.3, -0.25) is 4.98 Å². The molecule has 1 heterocycles. The highest BCUT2D eigenvalue weighted by molar-refractivity contribution is 5.82. The Kier molecular flexibility index (Phi) is 4.88. The first-order valence-electron chi connectivity index (χ1n) is 6.80. The number of fused-ring (bicyclic) bond motifs is 1. The van der Waals surface area contributed by atoms with Gasteiger partial charge in [0.15, 0.2) is 0 Å². The lowest BCUT2D eigenvalue weighted by Gasteiger charge is -2.12. The third kappa shape index (κ3) is 3.52. The summed E-state index contributed by atoms with van der Waals surface area (Å²) in [6.45, 7) is 6.81. The first-order chi connectivity index (χ1) is 9.22. The fourth-order valence-corrected chi connectivity index (χ4v) is 2.11. The number of rotatable bonds is 6.